The number of nitrogens with one attached hydrogen (secondary N) is 2. The van der Waals surface area contributed by atoms with E-state index in [0.29, 0.717) is 5.69 Å². The Morgan fingerprint density at radius 2 is 1.81 bits per heavy atom. The first-order valence-corrected chi connectivity index (χ1v) is 7.09. The molecule has 5 heteroatoms. The molecule has 0 spiro atoms. The van der Waals surface area contributed by atoms with E-state index in [2.05, 4.69) is 17.6 Å². The minimum Gasteiger partial charge on any atom is -0.385 e. The molecule has 0 saturated carbocycles. The summed E-state index contributed by atoms with van der Waals surface area (Å²) in [5.41, 5.74) is 1.41. The molecular formula is C16H16ClFN2O. The van der Waals surface area contributed by atoms with Crippen LogP contribution in [0.2, 0.25) is 5.02 Å². The minimum atomic E-state index is -0.638. The molecule has 3 nitrogen and oxygen atoms in total. The highest BCUT2D eigenvalue weighted by molar-refractivity contribution is 6.34. The number of anilines is 2. The third-order valence-corrected chi connectivity index (χ3v) is 3.23. The number of carbonyl (C=O) groups excluding carboxylic acids is 1. The Labute approximate surface area is 128 Å². The Hall–Kier alpha value is -2.07. The maximum absolute atomic E-state index is 13.7. The SMILES string of the molecule is CCCNc1ccc(NC(=O)c2c(F)cccc2Cl)cc1. The van der Waals surface area contributed by atoms with Gasteiger partial charge < -0.3 is 10.6 Å². The van der Waals surface area contributed by atoms with Crippen LogP contribution in [0.5, 0.6) is 0 Å². The number of amides is 1. The second-order valence-corrected chi connectivity index (χ2v) is 4.96. The van der Waals surface area contributed by atoms with Gasteiger partial charge in [0.05, 0.1) is 10.6 Å². The van der Waals surface area contributed by atoms with Crippen molar-refractivity contribution in [1.82, 2.24) is 0 Å². The van der Waals surface area contributed by atoms with Crippen LogP contribution >= 0.6 is 11.6 Å². The molecule has 2 aromatic carbocycles. The number of benzene rings is 2. The summed E-state index contributed by atoms with van der Waals surface area (Å²) < 4.78 is 13.7. The van der Waals surface area contributed by atoms with Crippen LogP contribution in [-0.2, 0) is 0 Å². The van der Waals surface area contributed by atoms with E-state index in [4.69, 9.17) is 11.6 Å². The van der Waals surface area contributed by atoms with Gasteiger partial charge in [-0.1, -0.05) is 24.6 Å². The van der Waals surface area contributed by atoms with Crippen LogP contribution in [0.3, 0.4) is 0 Å². The van der Waals surface area contributed by atoms with E-state index in [0.717, 1.165) is 18.7 Å². The predicted molar refractivity (Wildman–Crippen MR) is 84.6 cm³/mol. The quantitative estimate of drug-likeness (QED) is 0.850. The molecule has 2 N–H and O–H groups in total. The first kappa shape index (κ1) is 15.3. The number of carbonyl (C=O) groups is 1. The van der Waals surface area contributed by atoms with Crippen molar-refractivity contribution >= 4 is 28.9 Å². The van der Waals surface area contributed by atoms with Crippen molar-refractivity contribution in [2.45, 2.75) is 13.3 Å². The van der Waals surface area contributed by atoms with Gasteiger partial charge in [0.15, 0.2) is 0 Å². The topological polar surface area (TPSA) is 41.1 Å². The van der Waals surface area contributed by atoms with Gasteiger partial charge >= 0.3 is 0 Å². The van der Waals surface area contributed by atoms with Gasteiger partial charge in [0, 0.05) is 17.9 Å². The summed E-state index contributed by atoms with van der Waals surface area (Å²) in [6.07, 6.45) is 1.03. The van der Waals surface area contributed by atoms with Crippen molar-refractivity contribution in [2.75, 3.05) is 17.2 Å². The van der Waals surface area contributed by atoms with Gasteiger partial charge in [0.2, 0.25) is 0 Å². The zero-order chi connectivity index (χ0) is 15.2. The fourth-order valence-electron chi connectivity index (χ4n) is 1.85. The summed E-state index contributed by atoms with van der Waals surface area (Å²) >= 11 is 5.86. The zero-order valence-corrected chi connectivity index (χ0v) is 12.4. The molecule has 0 saturated heterocycles. The molecule has 0 atom stereocenters. The third kappa shape index (κ3) is 3.95. The van der Waals surface area contributed by atoms with Crippen LogP contribution in [-0.4, -0.2) is 12.5 Å². The average molecular weight is 307 g/mol. The monoisotopic (exact) mass is 306 g/mol. The van der Waals surface area contributed by atoms with E-state index >= 15 is 0 Å². The number of hydrogen-bond acceptors (Lipinski definition) is 2. The van der Waals surface area contributed by atoms with E-state index in [1.54, 1.807) is 12.1 Å². The highest BCUT2D eigenvalue weighted by atomic mass is 35.5. The lowest BCUT2D eigenvalue weighted by Crippen LogP contribution is -2.14. The Morgan fingerprint density at radius 3 is 2.43 bits per heavy atom. The van der Waals surface area contributed by atoms with Crippen molar-refractivity contribution in [1.29, 1.82) is 0 Å². The molecule has 0 aliphatic rings. The lowest BCUT2D eigenvalue weighted by atomic mass is 10.2. The molecule has 0 aliphatic carbocycles. The van der Waals surface area contributed by atoms with Crippen molar-refractivity contribution in [3.05, 3.63) is 58.9 Å². The lowest BCUT2D eigenvalue weighted by Gasteiger charge is -2.09. The maximum atomic E-state index is 13.7. The molecule has 0 heterocycles. The highest BCUT2D eigenvalue weighted by Gasteiger charge is 2.15. The fraction of sp³-hybridized carbons (Fsp3) is 0.188. The Bertz CT molecular complexity index is 608. The fourth-order valence-corrected chi connectivity index (χ4v) is 2.10. The van der Waals surface area contributed by atoms with Crippen LogP contribution in [0.1, 0.15) is 23.7 Å². The van der Waals surface area contributed by atoms with E-state index < -0.39 is 11.7 Å². The largest absolute Gasteiger partial charge is 0.385 e. The van der Waals surface area contributed by atoms with Crippen LogP contribution in [0.15, 0.2) is 42.5 Å². The predicted octanol–water partition coefficient (Wildman–Crippen LogP) is 4.55. The van der Waals surface area contributed by atoms with E-state index in [1.165, 1.54) is 18.2 Å². The average Bonchev–Trinajstić information content (AvgIpc) is 2.46. The number of hydrogen-bond donors (Lipinski definition) is 2. The Balaban J connectivity index is 2.09. The van der Waals surface area contributed by atoms with Crippen molar-refractivity contribution in [3.8, 4) is 0 Å². The molecule has 0 unspecified atom stereocenters. The molecule has 0 bridgehead atoms. The summed E-state index contributed by atoms with van der Waals surface area (Å²) in [6, 6.07) is 11.4. The summed E-state index contributed by atoms with van der Waals surface area (Å²) in [4.78, 5) is 12.1. The van der Waals surface area contributed by atoms with Crippen molar-refractivity contribution in [2.24, 2.45) is 0 Å². The van der Waals surface area contributed by atoms with Gasteiger partial charge in [-0.3, -0.25) is 4.79 Å². The van der Waals surface area contributed by atoms with Gasteiger partial charge in [0.25, 0.3) is 5.91 Å². The van der Waals surface area contributed by atoms with E-state index in [1.807, 2.05) is 12.1 Å². The first-order valence-electron chi connectivity index (χ1n) is 6.71. The van der Waals surface area contributed by atoms with Gasteiger partial charge in [-0.2, -0.15) is 0 Å². The van der Waals surface area contributed by atoms with Crippen molar-refractivity contribution < 1.29 is 9.18 Å². The van der Waals surface area contributed by atoms with Crippen LogP contribution in [0.25, 0.3) is 0 Å². The third-order valence-electron chi connectivity index (χ3n) is 2.91. The van der Waals surface area contributed by atoms with Crippen LogP contribution in [0, 0.1) is 5.82 Å². The Kier molecular flexibility index (Phi) is 5.17. The molecule has 21 heavy (non-hydrogen) atoms. The van der Waals surface area contributed by atoms with Crippen LogP contribution in [0.4, 0.5) is 15.8 Å². The van der Waals surface area contributed by atoms with Gasteiger partial charge in [-0.25, -0.2) is 4.39 Å². The smallest absolute Gasteiger partial charge is 0.260 e. The number of halogens is 2. The second kappa shape index (κ2) is 7.09. The summed E-state index contributed by atoms with van der Waals surface area (Å²) in [5, 5.41) is 5.95. The van der Waals surface area contributed by atoms with E-state index in [9.17, 15) is 9.18 Å². The van der Waals surface area contributed by atoms with Crippen LogP contribution < -0.4 is 10.6 Å². The molecule has 110 valence electrons. The molecule has 0 aliphatic heterocycles. The molecule has 2 rings (SSSR count). The molecule has 1 amide bonds. The lowest BCUT2D eigenvalue weighted by molar-refractivity contribution is 0.102. The second-order valence-electron chi connectivity index (χ2n) is 4.55. The van der Waals surface area contributed by atoms with Gasteiger partial charge in [-0.05, 0) is 42.8 Å². The standard InChI is InChI=1S/C16H16ClFN2O/c1-2-10-19-11-6-8-12(9-7-11)20-16(21)15-13(17)4-3-5-14(15)18/h3-9,19H,2,10H2,1H3,(H,20,21). The molecule has 0 radical (unpaired) electrons. The number of rotatable bonds is 5. The minimum absolute atomic E-state index is 0.0914. The highest BCUT2D eigenvalue weighted by Crippen LogP contribution is 2.21. The van der Waals surface area contributed by atoms with Gasteiger partial charge in [0.1, 0.15) is 5.82 Å². The molecule has 0 aromatic heterocycles. The molecule has 2 aromatic rings. The Morgan fingerprint density at radius 1 is 1.14 bits per heavy atom. The van der Waals surface area contributed by atoms with E-state index in [-0.39, 0.29) is 10.6 Å². The summed E-state index contributed by atoms with van der Waals surface area (Å²) in [5.74, 6) is -1.20. The van der Waals surface area contributed by atoms with Crippen molar-refractivity contribution in [3.63, 3.8) is 0 Å². The normalized spacial score (nSPS) is 10.2. The first-order chi connectivity index (χ1) is 10.1. The maximum Gasteiger partial charge on any atom is 0.260 e. The summed E-state index contributed by atoms with van der Waals surface area (Å²) in [6.45, 7) is 2.97. The van der Waals surface area contributed by atoms with Gasteiger partial charge in [-0.15, -0.1) is 0 Å². The zero-order valence-electron chi connectivity index (χ0n) is 11.6. The molecular weight excluding hydrogens is 291 g/mol. The summed E-state index contributed by atoms with van der Waals surface area (Å²) in [7, 11) is 0. The molecule has 0 fully saturated rings.